The maximum absolute atomic E-state index is 12.2. The van der Waals surface area contributed by atoms with Crippen molar-refractivity contribution in [2.24, 2.45) is 0 Å². The molecule has 1 heterocycles. The molecule has 0 amide bonds. The topological polar surface area (TPSA) is 39.4 Å². The van der Waals surface area contributed by atoms with E-state index in [1.165, 1.54) is 94.6 Å². The zero-order chi connectivity index (χ0) is 21.7. The molecule has 0 aliphatic rings. The van der Waals surface area contributed by atoms with Crippen LogP contribution in [0.2, 0.25) is 0 Å². The van der Waals surface area contributed by atoms with Gasteiger partial charge in [-0.25, -0.2) is 4.79 Å². The van der Waals surface area contributed by atoms with Gasteiger partial charge in [-0.1, -0.05) is 103 Å². The third kappa shape index (κ3) is 13.6. The first-order chi connectivity index (χ1) is 14.8. The normalized spacial score (nSPS) is 10.9. The van der Waals surface area contributed by atoms with Crippen LogP contribution in [0.1, 0.15) is 127 Å². The Balaban J connectivity index is 1.87. The molecule has 0 aliphatic heterocycles. The maximum atomic E-state index is 12.2. The highest BCUT2D eigenvalue weighted by Crippen LogP contribution is 2.13. The average molecular weight is 421 g/mol. The van der Waals surface area contributed by atoms with E-state index in [9.17, 15) is 4.79 Å². The summed E-state index contributed by atoms with van der Waals surface area (Å²) >= 11 is 0. The fraction of sp³-hybridized carbons (Fsp3) is 0.769. The first-order valence-corrected chi connectivity index (χ1v) is 12.6. The van der Waals surface area contributed by atoms with Crippen LogP contribution < -0.4 is 9.57 Å². The van der Waals surface area contributed by atoms with Crippen molar-refractivity contribution in [2.75, 3.05) is 13.2 Å². The van der Waals surface area contributed by atoms with Gasteiger partial charge in [-0.05, 0) is 19.4 Å². The summed E-state index contributed by atoms with van der Waals surface area (Å²) in [5.74, 6) is -0.315. The van der Waals surface area contributed by atoms with E-state index in [-0.39, 0.29) is 5.97 Å². The zero-order valence-corrected chi connectivity index (χ0v) is 19.7. The van der Waals surface area contributed by atoms with Crippen LogP contribution >= 0.6 is 0 Å². The summed E-state index contributed by atoms with van der Waals surface area (Å²) in [6, 6.07) is 5.38. The fourth-order valence-corrected chi connectivity index (χ4v) is 3.73. The number of hydrogen-bond donors (Lipinski definition) is 0. The van der Waals surface area contributed by atoms with E-state index in [2.05, 4.69) is 6.92 Å². The van der Waals surface area contributed by atoms with Crippen LogP contribution in [0.25, 0.3) is 0 Å². The minimum absolute atomic E-state index is 0.315. The molecule has 0 fully saturated rings. The van der Waals surface area contributed by atoms with E-state index in [1.807, 2.05) is 19.1 Å². The van der Waals surface area contributed by atoms with Gasteiger partial charge in [0.05, 0.1) is 6.61 Å². The number of aromatic nitrogens is 1. The number of esters is 1. The number of ether oxygens (including phenoxy) is 1. The average Bonchev–Trinajstić information content (AvgIpc) is 2.76. The minimum Gasteiger partial charge on any atom is -0.458 e. The van der Waals surface area contributed by atoms with Gasteiger partial charge >= 0.3 is 11.7 Å². The Morgan fingerprint density at radius 3 is 1.73 bits per heavy atom. The Kier molecular flexibility index (Phi) is 17.1. The molecule has 0 unspecified atom stereocenters. The third-order valence-corrected chi connectivity index (χ3v) is 5.53. The first-order valence-electron chi connectivity index (χ1n) is 12.6. The summed E-state index contributed by atoms with van der Waals surface area (Å²) in [5.41, 5.74) is 0.441. The van der Waals surface area contributed by atoms with Crippen molar-refractivity contribution in [3.8, 4) is 0 Å². The van der Waals surface area contributed by atoms with E-state index in [0.717, 1.165) is 12.8 Å². The van der Waals surface area contributed by atoms with Gasteiger partial charge in [-0.3, -0.25) is 4.84 Å². The van der Waals surface area contributed by atoms with Gasteiger partial charge in [-0.15, -0.1) is 0 Å². The van der Waals surface area contributed by atoms with Gasteiger partial charge in [0.25, 0.3) is 0 Å². The van der Waals surface area contributed by atoms with Crippen LogP contribution in [0.3, 0.4) is 0 Å². The molecule has 0 aliphatic carbocycles. The van der Waals surface area contributed by atoms with Crippen molar-refractivity contribution < 1.29 is 19.1 Å². The molecule has 0 aromatic carbocycles. The van der Waals surface area contributed by atoms with Crippen molar-refractivity contribution in [1.82, 2.24) is 0 Å². The summed E-state index contributed by atoms with van der Waals surface area (Å²) in [4.78, 5) is 17.6. The van der Waals surface area contributed by atoms with Gasteiger partial charge < -0.3 is 4.74 Å². The number of carbonyl (C=O) groups excluding carboxylic acids is 1. The molecule has 0 bridgehead atoms. The van der Waals surface area contributed by atoms with Crippen molar-refractivity contribution in [3.63, 3.8) is 0 Å². The molecule has 0 saturated carbocycles. The Hall–Kier alpha value is -1.58. The predicted octanol–water partition coefficient (Wildman–Crippen LogP) is 6.84. The molecule has 4 heteroatoms. The fourth-order valence-electron chi connectivity index (χ4n) is 3.73. The van der Waals surface area contributed by atoms with Crippen molar-refractivity contribution in [3.05, 3.63) is 30.1 Å². The van der Waals surface area contributed by atoms with Crippen LogP contribution in [0, 0.1) is 0 Å². The lowest BCUT2D eigenvalue weighted by Gasteiger charge is -2.05. The highest BCUT2D eigenvalue weighted by atomic mass is 16.7. The zero-order valence-electron chi connectivity index (χ0n) is 19.7. The molecule has 0 N–H and O–H groups in total. The molecule has 0 spiro atoms. The lowest BCUT2D eigenvalue weighted by molar-refractivity contribution is -0.892. The van der Waals surface area contributed by atoms with Crippen molar-refractivity contribution in [2.45, 2.75) is 117 Å². The third-order valence-electron chi connectivity index (χ3n) is 5.53. The van der Waals surface area contributed by atoms with Crippen LogP contribution in [0.4, 0.5) is 0 Å². The molecule has 0 atom stereocenters. The predicted molar refractivity (Wildman–Crippen MR) is 124 cm³/mol. The van der Waals surface area contributed by atoms with Crippen LogP contribution in [-0.2, 0) is 4.74 Å². The van der Waals surface area contributed by atoms with E-state index < -0.39 is 0 Å². The van der Waals surface area contributed by atoms with Gasteiger partial charge in [-0.2, -0.15) is 0 Å². The number of nitrogens with zero attached hydrogens (tertiary/aromatic N) is 1. The Labute approximate surface area is 185 Å². The molecule has 1 rings (SSSR count). The Morgan fingerprint density at radius 1 is 0.733 bits per heavy atom. The lowest BCUT2D eigenvalue weighted by atomic mass is 10.0. The van der Waals surface area contributed by atoms with Crippen LogP contribution in [-0.4, -0.2) is 19.2 Å². The van der Waals surface area contributed by atoms with E-state index in [4.69, 9.17) is 9.57 Å². The second-order valence-electron chi connectivity index (χ2n) is 8.27. The molecule has 0 radical (unpaired) electrons. The summed E-state index contributed by atoms with van der Waals surface area (Å²) in [6.45, 7) is 5.17. The second-order valence-corrected chi connectivity index (χ2v) is 8.27. The quantitative estimate of drug-likeness (QED) is 0.132. The number of hydrogen-bond acceptors (Lipinski definition) is 3. The smallest absolute Gasteiger partial charge is 0.408 e. The van der Waals surface area contributed by atoms with Crippen molar-refractivity contribution >= 4 is 5.97 Å². The summed E-state index contributed by atoms with van der Waals surface area (Å²) < 4.78 is 6.88. The largest absolute Gasteiger partial charge is 0.458 e. The number of rotatable bonds is 20. The standard InChI is InChI=1S/C26H46NO3/c1-3-5-6-7-8-9-10-11-12-13-14-15-16-17-18-21-24-29-26(28)25-22-19-20-23-27(25)30-4-2/h19-20,22-23H,3-18,21,24H2,1-2H3/q+1. The van der Waals surface area contributed by atoms with Crippen LogP contribution in [0.5, 0.6) is 0 Å². The second kappa shape index (κ2) is 19.4. The van der Waals surface area contributed by atoms with E-state index in [0.29, 0.717) is 18.9 Å². The molecule has 4 nitrogen and oxygen atoms in total. The first kappa shape index (κ1) is 26.5. The molecule has 1 aromatic rings. The molecular formula is C26H46NO3+. The van der Waals surface area contributed by atoms with E-state index >= 15 is 0 Å². The molecule has 172 valence electrons. The highest BCUT2D eigenvalue weighted by molar-refractivity contribution is 5.85. The highest BCUT2D eigenvalue weighted by Gasteiger charge is 2.21. The van der Waals surface area contributed by atoms with Crippen LogP contribution in [0.15, 0.2) is 24.4 Å². The number of unbranched alkanes of at least 4 members (excludes halogenated alkanes) is 15. The van der Waals surface area contributed by atoms with Gasteiger partial charge in [0, 0.05) is 16.9 Å². The van der Waals surface area contributed by atoms with Gasteiger partial charge in [0.1, 0.15) is 0 Å². The van der Waals surface area contributed by atoms with Gasteiger partial charge in [0.2, 0.25) is 6.20 Å². The monoisotopic (exact) mass is 420 g/mol. The minimum atomic E-state index is -0.315. The molecule has 0 saturated heterocycles. The lowest BCUT2D eigenvalue weighted by Crippen LogP contribution is -2.47. The number of pyridine rings is 1. The molecule has 1 aromatic heterocycles. The Morgan fingerprint density at radius 2 is 1.23 bits per heavy atom. The van der Waals surface area contributed by atoms with E-state index in [1.54, 1.807) is 12.3 Å². The SMILES string of the molecule is CCCCCCCCCCCCCCCCCCOC(=O)c1cccc[n+]1OCC. The molecule has 30 heavy (non-hydrogen) atoms. The summed E-state index contributed by atoms with van der Waals surface area (Å²) in [6.07, 6.45) is 23.2. The van der Waals surface area contributed by atoms with Gasteiger partial charge in [0.15, 0.2) is 6.61 Å². The summed E-state index contributed by atoms with van der Waals surface area (Å²) in [5, 5.41) is 0. The molecular weight excluding hydrogens is 374 g/mol. The van der Waals surface area contributed by atoms with Crippen molar-refractivity contribution in [1.29, 1.82) is 0 Å². The summed E-state index contributed by atoms with van der Waals surface area (Å²) in [7, 11) is 0. The number of carbonyl (C=O) groups is 1. The maximum Gasteiger partial charge on any atom is 0.408 e. The Bertz CT molecular complexity index is 533.